The van der Waals surface area contributed by atoms with Crippen molar-refractivity contribution in [2.75, 3.05) is 18.2 Å². The third-order valence-electron chi connectivity index (χ3n) is 8.50. The number of carbonyl (C=O) groups is 1. The Balaban J connectivity index is 1.45. The molecule has 1 aromatic heterocycles. The average Bonchev–Trinajstić information content (AvgIpc) is 3.17. The first-order valence-corrected chi connectivity index (χ1v) is 14.5. The van der Waals surface area contributed by atoms with Crippen molar-refractivity contribution in [3.05, 3.63) is 140 Å². The Morgan fingerprint density at radius 2 is 1.63 bits per heavy atom. The second kappa shape index (κ2) is 10.8. The van der Waals surface area contributed by atoms with Gasteiger partial charge in [-0.2, -0.15) is 0 Å². The summed E-state index contributed by atoms with van der Waals surface area (Å²) in [6.07, 6.45) is 11.0. The standard InChI is InChI=1S/C35H33N3O3/c39-30-20-22-37-33(34(30)41-23-25-11-4-3-5-12-25)35(40)36-21-9-2-1-6-14-27-15-10-16-28-19-18-26-13-7-8-17-29(26)32(31(27)28)38(37)24-36/h3-8,10-17,20,22,32H,1-2,9,18-19,21,23-24H2/b14-6-. The van der Waals surface area contributed by atoms with Gasteiger partial charge in [-0.05, 0) is 65.5 Å². The Labute approximate surface area is 240 Å². The fraction of sp³-hybridized carbons (Fsp3) is 0.257. The third kappa shape index (κ3) is 4.63. The number of allylic oxidation sites excluding steroid dienone is 1. The maximum atomic E-state index is 14.1. The summed E-state index contributed by atoms with van der Waals surface area (Å²) in [7, 11) is 0. The van der Waals surface area contributed by atoms with Gasteiger partial charge in [0.1, 0.15) is 13.3 Å². The molecule has 0 saturated carbocycles. The van der Waals surface area contributed by atoms with Crippen LogP contribution in [-0.2, 0) is 19.4 Å². The maximum absolute atomic E-state index is 14.1. The molecule has 2 aliphatic heterocycles. The molecule has 3 aliphatic rings. The van der Waals surface area contributed by atoms with Crippen LogP contribution in [0.2, 0.25) is 0 Å². The summed E-state index contributed by atoms with van der Waals surface area (Å²) in [4.78, 5) is 29.3. The van der Waals surface area contributed by atoms with Gasteiger partial charge in [0.2, 0.25) is 5.43 Å². The molecule has 1 amide bonds. The van der Waals surface area contributed by atoms with Gasteiger partial charge in [-0.3, -0.25) is 19.3 Å². The molecular formula is C35H33N3O3. The molecule has 2 bridgehead atoms. The molecule has 0 N–H and O–H groups in total. The van der Waals surface area contributed by atoms with Crippen molar-refractivity contribution in [2.24, 2.45) is 0 Å². The first-order chi connectivity index (χ1) is 20.2. The van der Waals surface area contributed by atoms with Crippen LogP contribution >= 0.6 is 0 Å². The number of amides is 1. The van der Waals surface area contributed by atoms with Gasteiger partial charge in [-0.1, -0.05) is 84.9 Å². The van der Waals surface area contributed by atoms with E-state index in [9.17, 15) is 9.59 Å². The minimum atomic E-state index is -0.284. The van der Waals surface area contributed by atoms with Gasteiger partial charge in [0.05, 0.1) is 6.04 Å². The van der Waals surface area contributed by atoms with Gasteiger partial charge < -0.3 is 9.64 Å². The van der Waals surface area contributed by atoms with Crippen LogP contribution in [0.4, 0.5) is 0 Å². The predicted molar refractivity (Wildman–Crippen MR) is 161 cm³/mol. The molecular weight excluding hydrogens is 510 g/mol. The second-order valence-electron chi connectivity index (χ2n) is 11.0. The molecule has 6 nitrogen and oxygen atoms in total. The molecule has 7 rings (SSSR count). The van der Waals surface area contributed by atoms with Gasteiger partial charge in [0.15, 0.2) is 11.4 Å². The number of pyridine rings is 1. The van der Waals surface area contributed by atoms with Crippen molar-refractivity contribution in [1.29, 1.82) is 0 Å². The van der Waals surface area contributed by atoms with E-state index >= 15 is 0 Å². The first-order valence-electron chi connectivity index (χ1n) is 14.5. The maximum Gasteiger partial charge on any atom is 0.277 e. The van der Waals surface area contributed by atoms with Crippen LogP contribution in [0, 0.1) is 0 Å². The highest BCUT2D eigenvalue weighted by atomic mass is 16.5. The van der Waals surface area contributed by atoms with Crippen molar-refractivity contribution < 1.29 is 9.53 Å². The summed E-state index contributed by atoms with van der Waals surface area (Å²) in [5.74, 6) is -0.0523. The van der Waals surface area contributed by atoms with E-state index in [0.29, 0.717) is 18.9 Å². The highest BCUT2D eigenvalue weighted by molar-refractivity contribution is 5.96. The zero-order valence-electron chi connectivity index (χ0n) is 23.0. The van der Waals surface area contributed by atoms with Gasteiger partial charge in [-0.15, -0.1) is 0 Å². The highest BCUT2D eigenvalue weighted by Crippen LogP contribution is 2.40. The van der Waals surface area contributed by atoms with Crippen LogP contribution < -0.4 is 15.2 Å². The molecule has 0 saturated heterocycles. The van der Waals surface area contributed by atoms with Crippen LogP contribution in [0.5, 0.6) is 5.75 Å². The smallest absolute Gasteiger partial charge is 0.277 e. The monoisotopic (exact) mass is 543 g/mol. The predicted octanol–water partition coefficient (Wildman–Crippen LogP) is 5.86. The van der Waals surface area contributed by atoms with E-state index in [4.69, 9.17) is 4.74 Å². The topological polar surface area (TPSA) is 54.8 Å². The number of hydrogen-bond acceptors (Lipinski definition) is 4. The van der Waals surface area contributed by atoms with Crippen LogP contribution in [0.1, 0.15) is 69.2 Å². The largest absolute Gasteiger partial charge is 0.482 e. The summed E-state index contributed by atoms with van der Waals surface area (Å²) >= 11 is 0. The number of benzene rings is 3. The van der Waals surface area contributed by atoms with Crippen LogP contribution in [0.25, 0.3) is 6.08 Å². The SMILES string of the molecule is O=C1c2c(OCc3ccccc3)c(=O)ccn2N2CN1CCCC/C=C\c1cccc3c1C2c1ccccc1CC3. The van der Waals surface area contributed by atoms with Crippen LogP contribution in [0.15, 0.2) is 95.9 Å². The Bertz CT molecular complexity index is 1690. The molecule has 6 heteroatoms. The first kappa shape index (κ1) is 25.4. The Hall–Kier alpha value is -4.58. The molecule has 1 unspecified atom stereocenters. The Kier molecular flexibility index (Phi) is 6.67. The molecule has 0 spiro atoms. The third-order valence-corrected chi connectivity index (χ3v) is 8.50. The number of nitrogens with zero attached hydrogens (tertiary/aromatic N) is 3. The van der Waals surface area contributed by atoms with Crippen molar-refractivity contribution in [3.63, 3.8) is 0 Å². The normalized spacial score (nSPS) is 18.6. The van der Waals surface area contributed by atoms with Crippen molar-refractivity contribution in [3.8, 4) is 5.75 Å². The van der Waals surface area contributed by atoms with E-state index in [0.717, 1.165) is 37.7 Å². The lowest BCUT2D eigenvalue weighted by molar-refractivity contribution is 0.0673. The molecule has 4 aromatic rings. The van der Waals surface area contributed by atoms with Gasteiger partial charge >= 0.3 is 0 Å². The fourth-order valence-corrected chi connectivity index (χ4v) is 6.49. The fourth-order valence-electron chi connectivity index (χ4n) is 6.49. The number of hydrogen-bond donors (Lipinski definition) is 0. The number of aromatic nitrogens is 1. The zero-order chi connectivity index (χ0) is 27.8. The van der Waals surface area contributed by atoms with Crippen LogP contribution in [-0.4, -0.2) is 28.7 Å². The van der Waals surface area contributed by atoms with Gasteiger partial charge in [0, 0.05) is 18.8 Å². The molecule has 1 atom stereocenters. The van der Waals surface area contributed by atoms with E-state index in [1.165, 1.54) is 33.9 Å². The molecule has 206 valence electrons. The zero-order valence-corrected chi connectivity index (χ0v) is 23.0. The van der Waals surface area contributed by atoms with Gasteiger partial charge in [-0.25, -0.2) is 0 Å². The second-order valence-corrected chi connectivity index (χ2v) is 11.0. The van der Waals surface area contributed by atoms with E-state index in [2.05, 4.69) is 59.6 Å². The summed E-state index contributed by atoms with van der Waals surface area (Å²) < 4.78 is 8.07. The van der Waals surface area contributed by atoms with Crippen molar-refractivity contribution >= 4 is 12.0 Å². The quantitative estimate of drug-likeness (QED) is 0.325. The van der Waals surface area contributed by atoms with E-state index in [-0.39, 0.29) is 29.7 Å². The Morgan fingerprint density at radius 3 is 2.54 bits per heavy atom. The summed E-state index contributed by atoms with van der Waals surface area (Å²) in [5, 5.41) is 2.26. The highest BCUT2D eigenvalue weighted by Gasteiger charge is 2.39. The van der Waals surface area contributed by atoms with Crippen molar-refractivity contribution in [2.45, 2.75) is 44.8 Å². The summed E-state index contributed by atoms with van der Waals surface area (Å²) in [5.41, 5.74) is 7.28. The van der Waals surface area contributed by atoms with E-state index in [1.54, 1.807) is 6.20 Å². The number of ether oxygens (including phenoxy) is 1. The van der Waals surface area contributed by atoms with E-state index in [1.807, 2.05) is 39.9 Å². The van der Waals surface area contributed by atoms with Gasteiger partial charge in [0.25, 0.3) is 5.91 Å². The van der Waals surface area contributed by atoms with E-state index < -0.39 is 0 Å². The molecule has 1 aliphatic carbocycles. The Morgan fingerprint density at radius 1 is 0.829 bits per heavy atom. The molecule has 3 heterocycles. The number of fused-ring (bicyclic) bond motifs is 7. The lowest BCUT2D eigenvalue weighted by Gasteiger charge is -2.45. The minimum absolute atomic E-state index is 0.110. The average molecular weight is 544 g/mol. The summed E-state index contributed by atoms with van der Waals surface area (Å²) in [6, 6.07) is 26.4. The number of rotatable bonds is 3. The molecule has 3 aromatic carbocycles. The lowest BCUT2D eigenvalue weighted by Crippen LogP contribution is -2.56. The molecule has 0 radical (unpaired) electrons. The lowest BCUT2D eigenvalue weighted by atomic mass is 9.89. The molecule has 0 fully saturated rings. The number of carbonyl (C=O) groups excluding carboxylic acids is 1. The van der Waals surface area contributed by atoms with Crippen molar-refractivity contribution in [1.82, 2.24) is 9.58 Å². The van der Waals surface area contributed by atoms with Crippen LogP contribution in [0.3, 0.4) is 0 Å². The summed E-state index contributed by atoms with van der Waals surface area (Å²) in [6.45, 7) is 1.25. The minimum Gasteiger partial charge on any atom is -0.482 e. The molecule has 41 heavy (non-hydrogen) atoms. The number of aryl methyl sites for hydroxylation is 2.